The maximum Gasteiger partial charge on any atom is 0.0811 e. The van der Waals surface area contributed by atoms with Crippen molar-refractivity contribution >= 4 is 0 Å². The molecule has 0 spiro atoms. The topological polar surface area (TPSA) is 46.2 Å². The van der Waals surface area contributed by atoms with E-state index in [4.69, 9.17) is 5.73 Å². The highest BCUT2D eigenvalue weighted by Crippen LogP contribution is 2.37. The highest BCUT2D eigenvalue weighted by atomic mass is 16.3. The summed E-state index contributed by atoms with van der Waals surface area (Å²) >= 11 is 0. The van der Waals surface area contributed by atoms with Gasteiger partial charge in [0.15, 0.2) is 0 Å². The first-order valence-corrected chi connectivity index (χ1v) is 4.22. The monoisotopic (exact) mass is 163 g/mol. The fourth-order valence-corrected chi connectivity index (χ4v) is 1.81. The lowest BCUT2D eigenvalue weighted by atomic mass is 10.1. The van der Waals surface area contributed by atoms with Gasteiger partial charge in [0.05, 0.1) is 6.10 Å². The number of aliphatic hydroxyl groups is 1. The molecule has 0 amide bonds. The molecule has 0 heterocycles. The molecule has 12 heavy (non-hydrogen) atoms. The van der Waals surface area contributed by atoms with Gasteiger partial charge in [-0.2, -0.15) is 0 Å². The van der Waals surface area contributed by atoms with Crippen LogP contribution in [0.15, 0.2) is 18.2 Å². The van der Waals surface area contributed by atoms with Gasteiger partial charge in [-0.1, -0.05) is 23.8 Å². The second kappa shape index (κ2) is 2.57. The molecule has 1 aromatic rings. The van der Waals surface area contributed by atoms with Crippen LogP contribution < -0.4 is 5.73 Å². The number of nitrogens with two attached hydrogens (primary N) is 1. The molecule has 0 aliphatic heterocycles. The van der Waals surface area contributed by atoms with Crippen molar-refractivity contribution in [2.24, 2.45) is 5.73 Å². The molecule has 2 heteroatoms. The van der Waals surface area contributed by atoms with Crippen molar-refractivity contribution in [1.82, 2.24) is 0 Å². The van der Waals surface area contributed by atoms with E-state index in [1.165, 1.54) is 5.56 Å². The van der Waals surface area contributed by atoms with Crippen molar-refractivity contribution in [2.45, 2.75) is 25.5 Å². The molecule has 0 radical (unpaired) electrons. The molecule has 64 valence electrons. The molecule has 2 atom stereocenters. The molecule has 2 unspecified atom stereocenters. The molecule has 1 aliphatic rings. The summed E-state index contributed by atoms with van der Waals surface area (Å²) in [5.41, 5.74) is 9.17. The number of fused-ring (bicyclic) bond motifs is 1. The summed E-state index contributed by atoms with van der Waals surface area (Å²) in [6, 6.07) is 6.08. The Hall–Kier alpha value is -0.860. The molecule has 0 fully saturated rings. The zero-order valence-electron chi connectivity index (χ0n) is 7.12. The third-order valence-corrected chi connectivity index (χ3v) is 2.48. The minimum absolute atomic E-state index is 0.0231. The van der Waals surface area contributed by atoms with Gasteiger partial charge in [-0.25, -0.2) is 0 Å². The number of benzene rings is 1. The Morgan fingerprint density at radius 1 is 1.42 bits per heavy atom. The van der Waals surface area contributed by atoms with Gasteiger partial charge in [0.25, 0.3) is 0 Å². The van der Waals surface area contributed by atoms with Crippen LogP contribution in [-0.2, 0) is 0 Å². The molecular formula is C10H13NO. The quantitative estimate of drug-likeness (QED) is 0.607. The summed E-state index contributed by atoms with van der Waals surface area (Å²) in [7, 11) is 0. The Morgan fingerprint density at radius 3 is 2.92 bits per heavy atom. The lowest BCUT2D eigenvalue weighted by molar-refractivity contribution is 0.173. The number of rotatable bonds is 0. The Bertz CT molecular complexity index is 309. The first-order chi connectivity index (χ1) is 5.68. The Kier molecular flexibility index (Phi) is 1.67. The summed E-state index contributed by atoms with van der Waals surface area (Å²) < 4.78 is 0. The molecule has 0 saturated carbocycles. The van der Waals surface area contributed by atoms with Crippen LogP contribution in [0.2, 0.25) is 0 Å². The zero-order valence-corrected chi connectivity index (χ0v) is 7.12. The van der Waals surface area contributed by atoms with Crippen LogP contribution >= 0.6 is 0 Å². The summed E-state index contributed by atoms with van der Waals surface area (Å²) in [5.74, 6) is 0. The molecular weight excluding hydrogens is 150 g/mol. The molecule has 0 saturated heterocycles. The number of aliphatic hydroxyl groups excluding tert-OH is 1. The molecule has 1 aromatic carbocycles. The van der Waals surface area contributed by atoms with E-state index in [-0.39, 0.29) is 12.1 Å². The van der Waals surface area contributed by atoms with Gasteiger partial charge >= 0.3 is 0 Å². The molecule has 3 N–H and O–H groups in total. The third-order valence-electron chi connectivity index (χ3n) is 2.48. The Morgan fingerprint density at radius 2 is 2.17 bits per heavy atom. The maximum absolute atomic E-state index is 9.56. The predicted octanol–water partition coefficient (Wildman–Crippen LogP) is 1.43. The van der Waals surface area contributed by atoms with Gasteiger partial charge in [-0.3, -0.25) is 0 Å². The highest BCUT2D eigenvalue weighted by Gasteiger charge is 2.26. The lowest BCUT2D eigenvalue weighted by Gasteiger charge is -2.04. The number of hydrogen-bond donors (Lipinski definition) is 2. The van der Waals surface area contributed by atoms with E-state index in [0.717, 1.165) is 11.1 Å². The van der Waals surface area contributed by atoms with Crippen molar-refractivity contribution in [3.05, 3.63) is 34.9 Å². The normalized spacial score (nSPS) is 27.2. The molecule has 0 bridgehead atoms. The molecule has 2 rings (SSSR count). The van der Waals surface area contributed by atoms with Crippen LogP contribution in [0, 0.1) is 6.92 Å². The second-order valence-corrected chi connectivity index (χ2v) is 3.49. The van der Waals surface area contributed by atoms with Crippen molar-refractivity contribution in [3.8, 4) is 0 Å². The van der Waals surface area contributed by atoms with Gasteiger partial charge < -0.3 is 10.8 Å². The average molecular weight is 163 g/mol. The number of aryl methyl sites for hydroxylation is 1. The van der Waals surface area contributed by atoms with Gasteiger partial charge in [-0.15, -0.1) is 0 Å². The van der Waals surface area contributed by atoms with Gasteiger partial charge in [0.2, 0.25) is 0 Å². The minimum Gasteiger partial charge on any atom is -0.388 e. The smallest absolute Gasteiger partial charge is 0.0811 e. The van der Waals surface area contributed by atoms with Crippen LogP contribution in [0.5, 0.6) is 0 Å². The van der Waals surface area contributed by atoms with E-state index in [0.29, 0.717) is 6.42 Å². The number of hydrogen-bond acceptors (Lipinski definition) is 2. The summed E-state index contributed by atoms with van der Waals surface area (Å²) in [4.78, 5) is 0. The maximum atomic E-state index is 9.56. The van der Waals surface area contributed by atoms with Crippen LogP contribution in [0.25, 0.3) is 0 Å². The van der Waals surface area contributed by atoms with E-state index < -0.39 is 0 Å². The molecule has 1 aliphatic carbocycles. The first-order valence-electron chi connectivity index (χ1n) is 4.22. The average Bonchev–Trinajstić information content (AvgIpc) is 2.28. The van der Waals surface area contributed by atoms with Crippen molar-refractivity contribution in [1.29, 1.82) is 0 Å². The fourth-order valence-electron chi connectivity index (χ4n) is 1.81. The summed E-state index contributed by atoms with van der Waals surface area (Å²) in [6.45, 7) is 2.04. The van der Waals surface area contributed by atoms with E-state index >= 15 is 0 Å². The van der Waals surface area contributed by atoms with Crippen molar-refractivity contribution in [3.63, 3.8) is 0 Å². The van der Waals surface area contributed by atoms with Crippen LogP contribution in [0.1, 0.15) is 35.3 Å². The SMILES string of the molecule is Cc1ccc2c(c1)C(N)CC2O. The zero-order chi connectivity index (χ0) is 8.72. The highest BCUT2D eigenvalue weighted by molar-refractivity contribution is 5.39. The van der Waals surface area contributed by atoms with Gasteiger partial charge in [0.1, 0.15) is 0 Å². The summed E-state index contributed by atoms with van der Waals surface area (Å²) in [5, 5.41) is 9.56. The van der Waals surface area contributed by atoms with Crippen molar-refractivity contribution < 1.29 is 5.11 Å². The van der Waals surface area contributed by atoms with E-state index in [1.807, 2.05) is 19.1 Å². The van der Waals surface area contributed by atoms with Gasteiger partial charge in [0, 0.05) is 6.04 Å². The largest absolute Gasteiger partial charge is 0.388 e. The lowest BCUT2D eigenvalue weighted by Crippen LogP contribution is -2.05. The predicted molar refractivity (Wildman–Crippen MR) is 47.7 cm³/mol. The van der Waals surface area contributed by atoms with E-state index in [9.17, 15) is 5.11 Å². The van der Waals surface area contributed by atoms with E-state index in [2.05, 4.69) is 6.07 Å². The third kappa shape index (κ3) is 1.04. The van der Waals surface area contributed by atoms with E-state index in [1.54, 1.807) is 0 Å². The van der Waals surface area contributed by atoms with Crippen molar-refractivity contribution in [2.75, 3.05) is 0 Å². The van der Waals surface area contributed by atoms with Crippen LogP contribution in [0.3, 0.4) is 0 Å². The fraction of sp³-hybridized carbons (Fsp3) is 0.400. The standard InChI is InChI=1S/C10H13NO/c1-6-2-3-7-8(4-6)9(11)5-10(7)12/h2-4,9-10,12H,5,11H2,1H3. The van der Waals surface area contributed by atoms with Gasteiger partial charge in [-0.05, 0) is 24.5 Å². The second-order valence-electron chi connectivity index (χ2n) is 3.49. The van der Waals surface area contributed by atoms with Crippen LogP contribution in [0.4, 0.5) is 0 Å². The minimum atomic E-state index is -0.351. The summed E-state index contributed by atoms with van der Waals surface area (Å²) in [6.07, 6.45) is 0.314. The first kappa shape index (κ1) is 7.77. The molecule has 0 aromatic heterocycles. The molecule has 2 nitrogen and oxygen atoms in total. The Balaban J connectivity index is 2.53. The Labute approximate surface area is 72.0 Å². The van der Waals surface area contributed by atoms with Crippen LogP contribution in [-0.4, -0.2) is 5.11 Å².